The Kier molecular flexibility index (Phi) is 4.23. The molecule has 4 aromatic rings. The first-order chi connectivity index (χ1) is 15.9. The second-order valence-electron chi connectivity index (χ2n) is 8.45. The van der Waals surface area contributed by atoms with Gasteiger partial charge in [-0.2, -0.15) is 5.10 Å². The summed E-state index contributed by atoms with van der Waals surface area (Å²) in [5, 5.41) is 9.48. The van der Waals surface area contributed by atoms with Crippen molar-refractivity contribution in [2.24, 2.45) is 7.05 Å². The molecule has 0 amide bonds. The van der Waals surface area contributed by atoms with Crippen LogP contribution in [0.2, 0.25) is 0 Å². The van der Waals surface area contributed by atoms with Crippen molar-refractivity contribution in [1.29, 1.82) is 0 Å². The maximum absolute atomic E-state index is 14.3. The summed E-state index contributed by atoms with van der Waals surface area (Å²) in [5.74, 6) is 0.882. The van der Waals surface area contributed by atoms with Crippen molar-refractivity contribution in [3.8, 4) is 34.1 Å². The van der Waals surface area contributed by atoms with E-state index in [9.17, 15) is 4.39 Å². The molecule has 0 aliphatic carbocycles. The molecular formula is C24H23FN6O2. The fourth-order valence-electron chi connectivity index (χ4n) is 4.89. The molecule has 0 saturated carbocycles. The van der Waals surface area contributed by atoms with Crippen molar-refractivity contribution < 1.29 is 13.9 Å². The Labute approximate surface area is 189 Å². The highest BCUT2D eigenvalue weighted by Gasteiger charge is 2.37. The van der Waals surface area contributed by atoms with Gasteiger partial charge in [0.2, 0.25) is 5.88 Å². The van der Waals surface area contributed by atoms with E-state index < -0.39 is 6.10 Å². The van der Waals surface area contributed by atoms with Crippen LogP contribution in [0.15, 0.2) is 36.7 Å². The van der Waals surface area contributed by atoms with Crippen LogP contribution >= 0.6 is 0 Å². The number of hydrogen-bond donors (Lipinski definition) is 1. The van der Waals surface area contributed by atoms with Gasteiger partial charge in [-0.1, -0.05) is 0 Å². The molecule has 6 rings (SSSR count). The van der Waals surface area contributed by atoms with Gasteiger partial charge in [0.05, 0.1) is 22.9 Å². The minimum absolute atomic E-state index is 0.0893. The lowest BCUT2D eigenvalue weighted by atomic mass is 9.88. The standard InChI is InChI=1S/C24H23FN6O2/c1-4-31-22-13-7-19(23(26)27-9-13)33-12(2)16-8-14(25)5-6-15(16)21-17(10-30(3)28-21)18-11-32-24(29-31)20(18)22/h5-10,12,18H,4,11H2,1-3H3,(H2,26,27)/t12-,18-/m1/s1. The van der Waals surface area contributed by atoms with Gasteiger partial charge in [-0.3, -0.25) is 9.36 Å². The third kappa shape index (κ3) is 2.92. The van der Waals surface area contributed by atoms with Gasteiger partial charge in [0.1, 0.15) is 18.5 Å². The van der Waals surface area contributed by atoms with E-state index in [1.54, 1.807) is 16.9 Å². The molecule has 0 fully saturated rings. The summed E-state index contributed by atoms with van der Waals surface area (Å²) in [4.78, 5) is 4.39. The Morgan fingerprint density at radius 1 is 1.21 bits per heavy atom. The summed E-state index contributed by atoms with van der Waals surface area (Å²) in [6.45, 7) is 5.02. The predicted molar refractivity (Wildman–Crippen MR) is 121 cm³/mol. The summed E-state index contributed by atoms with van der Waals surface area (Å²) in [7, 11) is 1.88. The Bertz CT molecular complexity index is 1410. The average molecular weight is 446 g/mol. The van der Waals surface area contributed by atoms with E-state index in [1.807, 2.05) is 37.8 Å². The molecule has 8 nitrogen and oxygen atoms in total. The average Bonchev–Trinajstić information content (AvgIpc) is 3.47. The maximum atomic E-state index is 14.3. The zero-order chi connectivity index (χ0) is 22.9. The lowest BCUT2D eigenvalue weighted by Crippen LogP contribution is -2.12. The molecule has 0 spiro atoms. The highest BCUT2D eigenvalue weighted by Crippen LogP contribution is 2.48. The van der Waals surface area contributed by atoms with Crippen molar-refractivity contribution in [2.45, 2.75) is 32.4 Å². The minimum atomic E-state index is -0.490. The van der Waals surface area contributed by atoms with Crippen LogP contribution in [0.5, 0.6) is 11.6 Å². The minimum Gasteiger partial charge on any atom is -0.482 e. The highest BCUT2D eigenvalue weighted by atomic mass is 19.1. The van der Waals surface area contributed by atoms with Crippen LogP contribution < -0.4 is 15.2 Å². The van der Waals surface area contributed by atoms with Crippen molar-refractivity contribution >= 4 is 5.82 Å². The smallest absolute Gasteiger partial charge is 0.237 e. The van der Waals surface area contributed by atoms with Crippen LogP contribution in [0.25, 0.3) is 22.5 Å². The van der Waals surface area contributed by atoms with Gasteiger partial charge >= 0.3 is 0 Å². The summed E-state index contributed by atoms with van der Waals surface area (Å²) < 4.78 is 30.3. The Morgan fingerprint density at radius 2 is 2.06 bits per heavy atom. The van der Waals surface area contributed by atoms with Gasteiger partial charge < -0.3 is 15.2 Å². The first kappa shape index (κ1) is 19.8. The number of hydrogen-bond acceptors (Lipinski definition) is 6. The molecule has 2 aliphatic rings. The number of fused-ring (bicyclic) bond motifs is 7. The van der Waals surface area contributed by atoms with Gasteiger partial charge in [-0.25, -0.2) is 9.37 Å². The van der Waals surface area contributed by atoms with Crippen molar-refractivity contribution in [2.75, 3.05) is 12.3 Å². The molecule has 2 bridgehead atoms. The molecule has 1 aromatic carbocycles. The number of nitrogens with zero attached hydrogens (tertiary/aromatic N) is 5. The van der Waals surface area contributed by atoms with Gasteiger partial charge in [-0.15, -0.1) is 5.10 Å². The molecule has 0 unspecified atom stereocenters. The molecule has 5 heterocycles. The van der Waals surface area contributed by atoms with Crippen LogP contribution in [-0.2, 0) is 13.6 Å². The van der Waals surface area contributed by atoms with Crippen LogP contribution in [0.3, 0.4) is 0 Å². The van der Waals surface area contributed by atoms with Crippen LogP contribution in [-0.4, -0.2) is 31.2 Å². The maximum Gasteiger partial charge on any atom is 0.237 e. The quantitative estimate of drug-likeness (QED) is 0.474. The number of rotatable bonds is 1. The van der Waals surface area contributed by atoms with Gasteiger partial charge in [0.15, 0.2) is 11.6 Å². The van der Waals surface area contributed by atoms with E-state index in [2.05, 4.69) is 4.98 Å². The van der Waals surface area contributed by atoms with Gasteiger partial charge in [-0.05, 0) is 38.1 Å². The van der Waals surface area contributed by atoms with Crippen molar-refractivity contribution in [1.82, 2.24) is 24.5 Å². The van der Waals surface area contributed by atoms with E-state index in [0.717, 1.165) is 33.6 Å². The van der Waals surface area contributed by atoms with E-state index in [0.29, 0.717) is 30.3 Å². The number of halogens is 1. The number of nitrogens with two attached hydrogens (primary N) is 1. The van der Waals surface area contributed by atoms with Gasteiger partial charge in [0.25, 0.3) is 0 Å². The van der Waals surface area contributed by atoms with Crippen LogP contribution in [0, 0.1) is 5.82 Å². The summed E-state index contributed by atoms with van der Waals surface area (Å²) >= 11 is 0. The molecular weight excluding hydrogens is 423 g/mol. The zero-order valence-corrected chi connectivity index (χ0v) is 18.5. The molecule has 2 N–H and O–H groups in total. The van der Waals surface area contributed by atoms with Crippen molar-refractivity contribution in [3.05, 3.63) is 59.2 Å². The Morgan fingerprint density at radius 3 is 2.88 bits per heavy atom. The third-order valence-electron chi connectivity index (χ3n) is 6.39. The molecule has 0 saturated heterocycles. The summed E-state index contributed by atoms with van der Waals surface area (Å²) in [6, 6.07) is 6.58. The number of aryl methyl sites for hydroxylation is 2. The molecule has 2 aliphatic heterocycles. The lowest BCUT2D eigenvalue weighted by molar-refractivity contribution is 0.227. The van der Waals surface area contributed by atoms with E-state index in [4.69, 9.17) is 25.4 Å². The number of benzene rings is 1. The number of aromatic nitrogens is 5. The number of nitrogen functional groups attached to an aromatic ring is 1. The molecule has 168 valence electrons. The molecule has 33 heavy (non-hydrogen) atoms. The topological polar surface area (TPSA) is 93.0 Å². The Balaban J connectivity index is 1.70. The number of ether oxygens (including phenoxy) is 2. The molecule has 3 aromatic heterocycles. The van der Waals surface area contributed by atoms with Crippen molar-refractivity contribution in [3.63, 3.8) is 0 Å². The van der Waals surface area contributed by atoms with Crippen LogP contribution in [0.4, 0.5) is 10.2 Å². The molecule has 2 atom stereocenters. The number of anilines is 1. The third-order valence-corrected chi connectivity index (χ3v) is 6.39. The molecule has 9 heteroatoms. The molecule has 0 radical (unpaired) electrons. The van der Waals surface area contributed by atoms with E-state index in [-0.39, 0.29) is 17.6 Å². The fourth-order valence-corrected chi connectivity index (χ4v) is 4.89. The van der Waals surface area contributed by atoms with Gasteiger partial charge in [0, 0.05) is 48.2 Å². The van der Waals surface area contributed by atoms with E-state index in [1.165, 1.54) is 12.1 Å². The highest BCUT2D eigenvalue weighted by molar-refractivity contribution is 5.75. The fraction of sp³-hybridized carbons (Fsp3) is 0.292. The number of pyridine rings is 1. The second kappa shape index (κ2) is 7.06. The lowest BCUT2D eigenvalue weighted by Gasteiger charge is -2.22. The SMILES string of the molecule is CCn1nc2c3c1-c1cnc(N)c(c1)O[C@H](C)c1cc(F)ccc1-c1nn(C)cc1[C@H]3CO2. The van der Waals surface area contributed by atoms with E-state index >= 15 is 0 Å². The predicted octanol–water partition coefficient (Wildman–Crippen LogP) is 4.06. The second-order valence-corrected chi connectivity index (χ2v) is 8.45. The monoisotopic (exact) mass is 446 g/mol. The summed E-state index contributed by atoms with van der Waals surface area (Å²) in [5.41, 5.74) is 12.2. The first-order valence-electron chi connectivity index (χ1n) is 10.9. The largest absolute Gasteiger partial charge is 0.482 e. The zero-order valence-electron chi connectivity index (χ0n) is 18.5. The van der Waals surface area contributed by atoms with Crippen LogP contribution in [0.1, 0.15) is 42.6 Å². The first-order valence-corrected chi connectivity index (χ1v) is 10.9. The normalized spacial score (nSPS) is 18.3. The Hall–Kier alpha value is -3.88. The summed E-state index contributed by atoms with van der Waals surface area (Å²) in [6.07, 6.45) is 3.24.